The van der Waals surface area contributed by atoms with Gasteiger partial charge in [-0.3, -0.25) is 14.5 Å². The van der Waals surface area contributed by atoms with E-state index in [1.165, 1.54) is 6.92 Å². The van der Waals surface area contributed by atoms with Crippen molar-refractivity contribution in [2.24, 2.45) is 11.8 Å². The number of fused-ring (bicyclic) bond motifs is 1. The summed E-state index contributed by atoms with van der Waals surface area (Å²) in [5.41, 5.74) is 0.682. The topological polar surface area (TPSA) is 63.7 Å². The molecule has 5 heteroatoms. The molecule has 0 N–H and O–H groups in total. The fraction of sp³-hybridized carbons (Fsp3) is 0.421. The lowest BCUT2D eigenvalue weighted by Crippen LogP contribution is -2.44. The lowest BCUT2D eigenvalue weighted by atomic mass is 9.85. The Bertz CT molecular complexity index is 674. The predicted molar refractivity (Wildman–Crippen MR) is 88.4 cm³/mol. The van der Waals surface area contributed by atoms with Crippen LogP contribution in [0.4, 0.5) is 0 Å². The number of carbonyl (C=O) groups excluding carboxylic acids is 3. The van der Waals surface area contributed by atoms with E-state index in [-0.39, 0.29) is 5.92 Å². The molecule has 5 nitrogen and oxygen atoms in total. The van der Waals surface area contributed by atoms with Gasteiger partial charge in [-0.1, -0.05) is 31.2 Å². The van der Waals surface area contributed by atoms with Crippen LogP contribution in [-0.4, -0.2) is 35.3 Å². The molecule has 0 radical (unpaired) electrons. The number of imide groups is 1. The molecule has 1 heterocycles. The van der Waals surface area contributed by atoms with Crippen molar-refractivity contribution in [2.45, 2.75) is 32.7 Å². The molecule has 1 aromatic rings. The second kappa shape index (κ2) is 6.59. The molecule has 1 aromatic carbocycles. The third-order valence-electron chi connectivity index (χ3n) is 4.91. The van der Waals surface area contributed by atoms with Gasteiger partial charge in [0.05, 0.1) is 17.7 Å². The zero-order valence-corrected chi connectivity index (χ0v) is 13.9. The number of esters is 1. The molecule has 2 aliphatic rings. The van der Waals surface area contributed by atoms with E-state index in [2.05, 4.69) is 19.1 Å². The Morgan fingerprint density at radius 2 is 1.75 bits per heavy atom. The molecular formula is C19H21NO4. The first kappa shape index (κ1) is 16.4. The largest absolute Gasteiger partial charge is 0.464 e. The van der Waals surface area contributed by atoms with E-state index in [9.17, 15) is 14.4 Å². The minimum atomic E-state index is -0.924. The minimum Gasteiger partial charge on any atom is -0.464 e. The first-order valence-corrected chi connectivity index (χ1v) is 8.29. The van der Waals surface area contributed by atoms with Crippen LogP contribution in [0, 0.1) is 11.8 Å². The van der Waals surface area contributed by atoms with E-state index < -0.39 is 23.8 Å². The first-order valence-electron chi connectivity index (χ1n) is 8.29. The number of amides is 2. The highest BCUT2D eigenvalue weighted by Crippen LogP contribution is 2.27. The highest BCUT2D eigenvalue weighted by atomic mass is 16.5. The monoisotopic (exact) mass is 327 g/mol. The van der Waals surface area contributed by atoms with Crippen LogP contribution in [0.25, 0.3) is 0 Å². The third-order valence-corrected chi connectivity index (χ3v) is 4.91. The van der Waals surface area contributed by atoms with Crippen molar-refractivity contribution in [3.8, 4) is 0 Å². The number of nitrogens with zero attached hydrogens (tertiary/aromatic N) is 1. The van der Waals surface area contributed by atoms with Crippen LogP contribution in [0.5, 0.6) is 0 Å². The van der Waals surface area contributed by atoms with E-state index in [0.29, 0.717) is 23.7 Å². The summed E-state index contributed by atoms with van der Waals surface area (Å²) in [5.74, 6) is -0.667. The van der Waals surface area contributed by atoms with Gasteiger partial charge < -0.3 is 4.74 Å². The SMILES string of the molecule is CC1CC=CCC1COC(=O)C(C)N1C(=O)c2ccccc2C1=O. The smallest absolute Gasteiger partial charge is 0.329 e. The lowest BCUT2D eigenvalue weighted by Gasteiger charge is -2.26. The van der Waals surface area contributed by atoms with Gasteiger partial charge in [-0.15, -0.1) is 0 Å². The summed E-state index contributed by atoms with van der Waals surface area (Å²) >= 11 is 0. The Balaban J connectivity index is 1.65. The second-order valence-electron chi connectivity index (χ2n) is 6.51. The number of ether oxygens (including phenoxy) is 1. The van der Waals surface area contributed by atoms with Crippen LogP contribution >= 0.6 is 0 Å². The average Bonchev–Trinajstić information content (AvgIpc) is 2.85. The second-order valence-corrected chi connectivity index (χ2v) is 6.51. The zero-order valence-electron chi connectivity index (χ0n) is 13.9. The molecule has 3 rings (SSSR count). The van der Waals surface area contributed by atoms with Crippen molar-refractivity contribution in [1.29, 1.82) is 0 Å². The molecule has 0 aromatic heterocycles. The molecule has 0 saturated heterocycles. The lowest BCUT2D eigenvalue weighted by molar-refractivity contribution is -0.149. The van der Waals surface area contributed by atoms with Crippen molar-refractivity contribution in [3.63, 3.8) is 0 Å². The predicted octanol–water partition coefficient (Wildman–Crippen LogP) is 2.82. The maximum Gasteiger partial charge on any atom is 0.329 e. The van der Waals surface area contributed by atoms with Crippen LogP contribution in [0.3, 0.4) is 0 Å². The van der Waals surface area contributed by atoms with Crippen molar-refractivity contribution in [2.75, 3.05) is 6.61 Å². The normalized spacial score (nSPS) is 24.0. The zero-order chi connectivity index (χ0) is 17.3. The van der Waals surface area contributed by atoms with Crippen molar-refractivity contribution in [3.05, 3.63) is 47.5 Å². The maximum atomic E-state index is 12.4. The number of rotatable bonds is 4. The summed E-state index contributed by atoms with van der Waals surface area (Å²) in [4.78, 5) is 38.1. The van der Waals surface area contributed by atoms with Gasteiger partial charge in [0.25, 0.3) is 11.8 Å². The van der Waals surface area contributed by atoms with Gasteiger partial charge in [0.2, 0.25) is 0 Å². The van der Waals surface area contributed by atoms with E-state index in [1.54, 1.807) is 24.3 Å². The average molecular weight is 327 g/mol. The van der Waals surface area contributed by atoms with Gasteiger partial charge >= 0.3 is 5.97 Å². The molecule has 0 fully saturated rings. The van der Waals surface area contributed by atoms with Crippen LogP contribution in [0.15, 0.2) is 36.4 Å². The number of benzene rings is 1. The number of hydrogen-bond donors (Lipinski definition) is 0. The Labute approximate surface area is 141 Å². The molecule has 0 saturated carbocycles. The number of carbonyl (C=O) groups is 3. The van der Waals surface area contributed by atoms with Crippen molar-refractivity contribution < 1.29 is 19.1 Å². The van der Waals surface area contributed by atoms with Gasteiger partial charge in [-0.2, -0.15) is 0 Å². The van der Waals surface area contributed by atoms with E-state index in [1.807, 2.05) is 0 Å². The number of allylic oxidation sites excluding steroid dienone is 2. The summed E-state index contributed by atoms with van der Waals surface area (Å²) in [6, 6.07) is 5.68. The molecule has 3 unspecified atom stereocenters. The van der Waals surface area contributed by atoms with Gasteiger partial charge in [0, 0.05) is 0 Å². The molecule has 1 aliphatic heterocycles. The fourth-order valence-electron chi connectivity index (χ4n) is 3.21. The Hall–Kier alpha value is -2.43. The first-order chi connectivity index (χ1) is 11.5. The van der Waals surface area contributed by atoms with E-state index in [0.717, 1.165) is 17.7 Å². The Morgan fingerprint density at radius 1 is 1.17 bits per heavy atom. The van der Waals surface area contributed by atoms with Gasteiger partial charge in [0.15, 0.2) is 0 Å². The molecule has 126 valence electrons. The van der Waals surface area contributed by atoms with E-state index in [4.69, 9.17) is 4.74 Å². The van der Waals surface area contributed by atoms with Gasteiger partial charge in [-0.05, 0) is 43.7 Å². The van der Waals surface area contributed by atoms with Crippen molar-refractivity contribution in [1.82, 2.24) is 4.90 Å². The van der Waals surface area contributed by atoms with Gasteiger partial charge in [0.1, 0.15) is 6.04 Å². The minimum absolute atomic E-state index is 0.285. The summed E-state index contributed by atoms with van der Waals surface area (Å²) in [7, 11) is 0. The number of hydrogen-bond acceptors (Lipinski definition) is 4. The quantitative estimate of drug-likeness (QED) is 0.485. The van der Waals surface area contributed by atoms with Crippen LogP contribution in [0.1, 0.15) is 47.4 Å². The highest BCUT2D eigenvalue weighted by molar-refractivity contribution is 6.22. The molecule has 3 atom stereocenters. The standard InChI is InChI=1S/C19H21NO4/c1-12-7-3-4-8-14(12)11-24-19(23)13(2)20-17(21)15-9-5-6-10-16(15)18(20)22/h3-6,9-10,12-14H,7-8,11H2,1-2H3. The summed E-state index contributed by atoms with van der Waals surface area (Å²) < 4.78 is 5.40. The fourth-order valence-corrected chi connectivity index (χ4v) is 3.21. The molecular weight excluding hydrogens is 306 g/mol. The molecule has 2 amide bonds. The molecule has 0 bridgehead atoms. The third kappa shape index (κ3) is 2.86. The summed E-state index contributed by atoms with van der Waals surface area (Å²) in [5, 5.41) is 0. The van der Waals surface area contributed by atoms with Crippen LogP contribution in [0.2, 0.25) is 0 Å². The Morgan fingerprint density at radius 3 is 2.33 bits per heavy atom. The molecule has 0 spiro atoms. The molecule has 24 heavy (non-hydrogen) atoms. The highest BCUT2D eigenvalue weighted by Gasteiger charge is 2.41. The summed E-state index contributed by atoms with van der Waals surface area (Å²) in [6.07, 6.45) is 6.11. The maximum absolute atomic E-state index is 12.4. The van der Waals surface area contributed by atoms with Crippen LogP contribution in [-0.2, 0) is 9.53 Å². The van der Waals surface area contributed by atoms with Gasteiger partial charge in [-0.25, -0.2) is 4.79 Å². The molecule has 1 aliphatic carbocycles. The van der Waals surface area contributed by atoms with E-state index >= 15 is 0 Å². The summed E-state index contributed by atoms with van der Waals surface area (Å²) in [6.45, 7) is 3.99. The van der Waals surface area contributed by atoms with Crippen molar-refractivity contribution >= 4 is 17.8 Å². The Kier molecular flexibility index (Phi) is 4.51. The van der Waals surface area contributed by atoms with Crippen LogP contribution < -0.4 is 0 Å².